The maximum atomic E-state index is 13.9. The number of hydrogen-bond acceptors (Lipinski definition) is 5. The van der Waals surface area contributed by atoms with Crippen LogP contribution in [0, 0.1) is 0 Å². The van der Waals surface area contributed by atoms with Gasteiger partial charge in [-0.15, -0.1) is 0 Å². The van der Waals surface area contributed by atoms with Crippen LogP contribution >= 0.6 is 11.6 Å². The summed E-state index contributed by atoms with van der Waals surface area (Å²) in [6.07, 6.45) is 3.53. The fourth-order valence-electron chi connectivity index (χ4n) is 4.66. The van der Waals surface area contributed by atoms with Gasteiger partial charge in [0.05, 0.1) is 19.1 Å². The third-order valence-corrected chi connectivity index (χ3v) is 8.30. The van der Waals surface area contributed by atoms with Crippen molar-refractivity contribution in [3.05, 3.63) is 95.0 Å². The third kappa shape index (κ3) is 9.77. The van der Waals surface area contributed by atoms with Crippen molar-refractivity contribution in [2.24, 2.45) is 0 Å². The van der Waals surface area contributed by atoms with Crippen LogP contribution < -0.4 is 14.4 Å². The lowest BCUT2D eigenvalue weighted by molar-refractivity contribution is -0.141. The molecule has 0 spiro atoms. The lowest BCUT2D eigenvalue weighted by Gasteiger charge is -2.32. The van der Waals surface area contributed by atoms with Crippen molar-refractivity contribution in [3.63, 3.8) is 0 Å². The summed E-state index contributed by atoms with van der Waals surface area (Å²) in [6.45, 7) is 2.85. The molecule has 0 saturated heterocycles. The summed E-state index contributed by atoms with van der Waals surface area (Å²) in [7, 11) is -2.17. The van der Waals surface area contributed by atoms with Crippen LogP contribution in [0.4, 0.5) is 5.69 Å². The molecule has 0 saturated carbocycles. The van der Waals surface area contributed by atoms with Gasteiger partial charge in [0, 0.05) is 37.5 Å². The zero-order valence-electron chi connectivity index (χ0n) is 24.5. The van der Waals surface area contributed by atoms with Crippen molar-refractivity contribution in [2.75, 3.05) is 30.8 Å². The maximum Gasteiger partial charge on any atom is 0.243 e. The molecule has 0 heterocycles. The minimum atomic E-state index is -3.65. The van der Waals surface area contributed by atoms with E-state index >= 15 is 0 Å². The van der Waals surface area contributed by atoms with E-state index in [1.807, 2.05) is 42.5 Å². The number of nitrogens with one attached hydrogen (secondary N) is 1. The Morgan fingerprint density at radius 1 is 0.929 bits per heavy atom. The molecule has 0 aromatic heterocycles. The molecule has 42 heavy (non-hydrogen) atoms. The Bertz CT molecular complexity index is 1400. The average Bonchev–Trinajstić information content (AvgIpc) is 2.98. The predicted octanol–water partition coefficient (Wildman–Crippen LogP) is 5.45. The number of benzene rings is 3. The van der Waals surface area contributed by atoms with Gasteiger partial charge in [0.2, 0.25) is 21.8 Å². The summed E-state index contributed by atoms with van der Waals surface area (Å²) in [5.74, 6) is -0.0447. The Labute approximate surface area is 254 Å². The number of carbonyl (C=O) groups is 2. The number of amides is 2. The SMILES string of the molecule is CCCCNC(=O)C(Cc1ccccc1)N(Cc1ccc(Cl)cc1)C(=O)CCCN(c1ccccc1OC)S(C)(=O)=O. The number of rotatable bonds is 16. The number of hydrogen-bond donors (Lipinski definition) is 1. The summed E-state index contributed by atoms with van der Waals surface area (Å²) in [4.78, 5) is 29.1. The molecule has 0 radical (unpaired) electrons. The number of nitrogens with zero attached hydrogens (tertiary/aromatic N) is 2. The van der Waals surface area contributed by atoms with E-state index in [2.05, 4.69) is 12.2 Å². The van der Waals surface area contributed by atoms with Crippen molar-refractivity contribution in [2.45, 2.75) is 51.6 Å². The molecule has 3 aromatic carbocycles. The fourth-order valence-corrected chi connectivity index (χ4v) is 5.76. The first-order valence-electron chi connectivity index (χ1n) is 14.1. The molecule has 0 fully saturated rings. The molecule has 0 bridgehead atoms. The third-order valence-electron chi connectivity index (χ3n) is 6.87. The van der Waals surface area contributed by atoms with E-state index in [4.69, 9.17) is 16.3 Å². The first kappa shape index (κ1) is 32.9. The Hall–Kier alpha value is -3.56. The molecule has 0 aliphatic heterocycles. The lowest BCUT2D eigenvalue weighted by atomic mass is 10.0. The van der Waals surface area contributed by atoms with Gasteiger partial charge in [0.25, 0.3) is 0 Å². The van der Waals surface area contributed by atoms with Crippen LogP contribution in [0.2, 0.25) is 5.02 Å². The van der Waals surface area contributed by atoms with Gasteiger partial charge in [-0.25, -0.2) is 8.42 Å². The molecule has 0 aliphatic carbocycles. The number of halogens is 1. The molecule has 1 N–H and O–H groups in total. The van der Waals surface area contributed by atoms with Gasteiger partial charge < -0.3 is 15.0 Å². The van der Waals surface area contributed by atoms with Crippen LogP contribution in [0.15, 0.2) is 78.9 Å². The van der Waals surface area contributed by atoms with E-state index in [-0.39, 0.29) is 37.7 Å². The molecule has 1 atom stereocenters. The number of anilines is 1. The summed E-state index contributed by atoms with van der Waals surface area (Å²) in [5.41, 5.74) is 2.17. The summed E-state index contributed by atoms with van der Waals surface area (Å²) in [6, 6.07) is 22.9. The average molecular weight is 614 g/mol. The van der Waals surface area contributed by atoms with Gasteiger partial charge in [-0.2, -0.15) is 0 Å². The molecular weight excluding hydrogens is 574 g/mol. The molecule has 10 heteroatoms. The van der Waals surface area contributed by atoms with Gasteiger partial charge in [0.1, 0.15) is 11.8 Å². The quantitative estimate of drug-likeness (QED) is 0.217. The van der Waals surface area contributed by atoms with E-state index < -0.39 is 16.1 Å². The number of sulfonamides is 1. The van der Waals surface area contributed by atoms with Gasteiger partial charge in [-0.1, -0.05) is 79.5 Å². The predicted molar refractivity (Wildman–Crippen MR) is 168 cm³/mol. The Kier molecular flexibility index (Phi) is 12.7. The number of para-hydroxylation sites is 2. The molecule has 2 amide bonds. The second-order valence-electron chi connectivity index (χ2n) is 10.1. The molecule has 3 rings (SSSR count). The van der Waals surface area contributed by atoms with E-state index in [0.717, 1.165) is 30.2 Å². The largest absolute Gasteiger partial charge is 0.495 e. The van der Waals surface area contributed by atoms with Crippen molar-refractivity contribution in [1.29, 1.82) is 0 Å². The molecule has 0 aliphatic rings. The van der Waals surface area contributed by atoms with Gasteiger partial charge in [-0.05, 0) is 48.2 Å². The van der Waals surface area contributed by atoms with Crippen LogP contribution in [-0.2, 0) is 32.6 Å². The minimum Gasteiger partial charge on any atom is -0.495 e. The highest BCUT2D eigenvalue weighted by Crippen LogP contribution is 2.30. The van der Waals surface area contributed by atoms with Crippen molar-refractivity contribution < 1.29 is 22.7 Å². The van der Waals surface area contributed by atoms with Crippen LogP contribution in [0.5, 0.6) is 5.75 Å². The zero-order chi connectivity index (χ0) is 30.5. The normalized spacial score (nSPS) is 11.9. The Balaban J connectivity index is 1.88. The molecule has 3 aromatic rings. The van der Waals surface area contributed by atoms with E-state index in [9.17, 15) is 18.0 Å². The molecular formula is C32H40ClN3O5S. The highest BCUT2D eigenvalue weighted by Gasteiger charge is 2.30. The highest BCUT2D eigenvalue weighted by atomic mass is 35.5. The second-order valence-corrected chi connectivity index (χ2v) is 12.5. The van der Waals surface area contributed by atoms with E-state index in [1.54, 1.807) is 41.3 Å². The van der Waals surface area contributed by atoms with Gasteiger partial charge >= 0.3 is 0 Å². The van der Waals surface area contributed by atoms with Gasteiger partial charge in [-0.3, -0.25) is 13.9 Å². The maximum absolute atomic E-state index is 13.9. The van der Waals surface area contributed by atoms with Crippen LogP contribution in [0.1, 0.15) is 43.7 Å². The monoisotopic (exact) mass is 613 g/mol. The number of methoxy groups -OCH3 is 1. The summed E-state index contributed by atoms with van der Waals surface area (Å²) >= 11 is 6.10. The lowest BCUT2D eigenvalue weighted by Crippen LogP contribution is -2.50. The topological polar surface area (TPSA) is 96.0 Å². The summed E-state index contributed by atoms with van der Waals surface area (Å²) < 4.78 is 32.1. The van der Waals surface area contributed by atoms with E-state index in [1.165, 1.54) is 11.4 Å². The van der Waals surface area contributed by atoms with Crippen molar-refractivity contribution in [1.82, 2.24) is 10.2 Å². The molecule has 1 unspecified atom stereocenters. The first-order valence-corrected chi connectivity index (χ1v) is 16.3. The van der Waals surface area contributed by atoms with Crippen LogP contribution in [-0.4, -0.2) is 57.6 Å². The van der Waals surface area contributed by atoms with E-state index in [0.29, 0.717) is 29.4 Å². The van der Waals surface area contributed by atoms with Crippen LogP contribution in [0.3, 0.4) is 0 Å². The smallest absolute Gasteiger partial charge is 0.243 e. The number of ether oxygens (including phenoxy) is 1. The summed E-state index contributed by atoms with van der Waals surface area (Å²) in [5, 5.41) is 3.58. The van der Waals surface area contributed by atoms with Crippen molar-refractivity contribution in [3.8, 4) is 5.75 Å². The molecule has 8 nitrogen and oxygen atoms in total. The van der Waals surface area contributed by atoms with Crippen LogP contribution in [0.25, 0.3) is 0 Å². The second kappa shape index (κ2) is 16.2. The number of carbonyl (C=O) groups excluding carboxylic acids is 2. The highest BCUT2D eigenvalue weighted by molar-refractivity contribution is 7.92. The Morgan fingerprint density at radius 3 is 2.24 bits per heavy atom. The molecule has 226 valence electrons. The Morgan fingerprint density at radius 2 is 1.60 bits per heavy atom. The number of unbranched alkanes of at least 4 members (excludes halogenated alkanes) is 1. The van der Waals surface area contributed by atoms with Gasteiger partial charge in [0.15, 0.2) is 0 Å². The fraction of sp³-hybridized carbons (Fsp3) is 0.375. The van der Waals surface area contributed by atoms with Crippen molar-refractivity contribution >= 4 is 39.1 Å². The first-order chi connectivity index (χ1) is 20.1. The minimum absolute atomic E-state index is 0.0439. The standard InChI is InChI=1S/C32H40ClN3O5S/c1-4-5-21-34-32(38)29(23-25-12-7-6-8-13-25)35(24-26-17-19-27(33)20-18-26)31(37)16-11-22-36(42(3,39)40)28-14-9-10-15-30(28)41-2/h6-10,12-15,17-20,29H,4-5,11,16,21-24H2,1-3H3,(H,34,38). The zero-order valence-corrected chi connectivity index (χ0v) is 26.0.